The minimum absolute atomic E-state index is 0.0290. The molecule has 0 aliphatic rings. The van der Waals surface area contributed by atoms with E-state index in [0.29, 0.717) is 11.1 Å². The molecule has 0 radical (unpaired) electrons. The van der Waals surface area contributed by atoms with Gasteiger partial charge in [0.15, 0.2) is 0 Å². The third-order valence-corrected chi connectivity index (χ3v) is 5.64. The van der Waals surface area contributed by atoms with Crippen LogP contribution < -0.4 is 5.32 Å². The number of carbonyl (C=O) groups is 2. The molecule has 31 heavy (non-hydrogen) atoms. The van der Waals surface area contributed by atoms with Gasteiger partial charge < -0.3 is 10.1 Å². The van der Waals surface area contributed by atoms with Crippen LogP contribution in [0, 0.1) is 0 Å². The van der Waals surface area contributed by atoms with Gasteiger partial charge >= 0.3 is 18.1 Å². The number of carbonyl (C=O) groups excluding carboxylic acids is 2. The first-order valence-electron chi connectivity index (χ1n) is 8.48. The molecule has 0 spiro atoms. The van der Waals surface area contributed by atoms with Crippen LogP contribution >= 0.6 is 46.4 Å². The van der Waals surface area contributed by atoms with Crippen LogP contribution in [0.1, 0.15) is 22.6 Å². The van der Waals surface area contributed by atoms with Gasteiger partial charge in [0.25, 0.3) is 0 Å². The Labute approximate surface area is 195 Å². The molecule has 2 rings (SSSR count). The SMILES string of the molecule is COC(=O)C(=O)NCc1ccc(C=CC(c2cc(Cl)c(Cl)c(Cl)c2)C(F)(F)F)cc1Cl. The number of hydrogen-bond donors (Lipinski definition) is 1. The van der Waals surface area contributed by atoms with Crippen LogP contribution in [-0.2, 0) is 20.9 Å². The van der Waals surface area contributed by atoms with Gasteiger partial charge in [-0.25, -0.2) is 4.79 Å². The predicted molar refractivity (Wildman–Crippen MR) is 115 cm³/mol. The van der Waals surface area contributed by atoms with Gasteiger partial charge in [-0.05, 0) is 34.9 Å². The van der Waals surface area contributed by atoms with E-state index in [1.807, 2.05) is 0 Å². The summed E-state index contributed by atoms with van der Waals surface area (Å²) in [6.45, 7) is -0.0658. The summed E-state index contributed by atoms with van der Waals surface area (Å²) in [5, 5.41) is 2.30. The summed E-state index contributed by atoms with van der Waals surface area (Å²) in [4.78, 5) is 22.5. The Kier molecular flexibility index (Phi) is 8.65. The minimum atomic E-state index is -4.61. The van der Waals surface area contributed by atoms with Gasteiger partial charge in [-0.3, -0.25) is 4.79 Å². The fourth-order valence-electron chi connectivity index (χ4n) is 2.52. The second kappa shape index (κ2) is 10.6. The monoisotopic (exact) mass is 513 g/mol. The predicted octanol–water partition coefficient (Wildman–Crippen LogP) is 6.45. The highest BCUT2D eigenvalue weighted by Gasteiger charge is 2.39. The molecular formula is C20H14Cl4F3NO3. The average molecular weight is 515 g/mol. The topological polar surface area (TPSA) is 55.4 Å². The Hall–Kier alpha value is -1.93. The highest BCUT2D eigenvalue weighted by atomic mass is 35.5. The van der Waals surface area contributed by atoms with Crippen LogP contribution in [0.25, 0.3) is 6.08 Å². The number of ether oxygens (including phenoxy) is 1. The van der Waals surface area contributed by atoms with E-state index in [1.165, 1.54) is 24.3 Å². The van der Waals surface area contributed by atoms with Crippen molar-refractivity contribution < 1.29 is 27.5 Å². The molecule has 2 aromatic carbocycles. The van der Waals surface area contributed by atoms with Crippen LogP contribution in [0.3, 0.4) is 0 Å². The number of allylic oxidation sites excluding steroid dienone is 1. The molecule has 0 bridgehead atoms. The van der Waals surface area contributed by atoms with Gasteiger partial charge in [-0.2, -0.15) is 13.2 Å². The van der Waals surface area contributed by atoms with E-state index in [4.69, 9.17) is 46.4 Å². The fourth-order valence-corrected chi connectivity index (χ4v) is 3.39. The van der Waals surface area contributed by atoms with Gasteiger partial charge in [-0.15, -0.1) is 0 Å². The molecule has 0 aliphatic carbocycles. The summed E-state index contributed by atoms with van der Waals surface area (Å²) in [5.41, 5.74) is 0.671. The Bertz CT molecular complexity index is 1000. The molecule has 166 valence electrons. The van der Waals surface area contributed by atoms with Gasteiger partial charge in [-0.1, -0.05) is 70.7 Å². The van der Waals surface area contributed by atoms with E-state index in [9.17, 15) is 22.8 Å². The zero-order valence-corrected chi connectivity index (χ0v) is 18.7. The first-order chi connectivity index (χ1) is 14.4. The number of methoxy groups -OCH3 is 1. The highest BCUT2D eigenvalue weighted by molar-refractivity contribution is 6.48. The zero-order valence-electron chi connectivity index (χ0n) is 15.7. The van der Waals surface area contributed by atoms with Crippen molar-refractivity contribution in [2.24, 2.45) is 0 Å². The molecule has 1 unspecified atom stereocenters. The normalized spacial score (nSPS) is 12.6. The molecule has 0 saturated carbocycles. The second-order valence-corrected chi connectivity index (χ2v) is 7.80. The second-order valence-electron chi connectivity index (χ2n) is 6.20. The largest absolute Gasteiger partial charge is 0.462 e. The summed E-state index contributed by atoms with van der Waals surface area (Å²) in [6.07, 6.45) is -2.42. The van der Waals surface area contributed by atoms with Crippen molar-refractivity contribution in [3.05, 3.63) is 73.2 Å². The van der Waals surface area contributed by atoms with E-state index >= 15 is 0 Å². The van der Waals surface area contributed by atoms with Crippen LogP contribution in [0.2, 0.25) is 20.1 Å². The van der Waals surface area contributed by atoms with Crippen molar-refractivity contribution in [3.63, 3.8) is 0 Å². The van der Waals surface area contributed by atoms with Crippen molar-refractivity contribution in [1.29, 1.82) is 0 Å². The maximum Gasteiger partial charge on any atom is 0.399 e. The quantitative estimate of drug-likeness (QED) is 0.283. The fraction of sp³-hybridized carbons (Fsp3) is 0.200. The van der Waals surface area contributed by atoms with Gasteiger partial charge in [0, 0.05) is 11.6 Å². The summed E-state index contributed by atoms with van der Waals surface area (Å²) in [5.74, 6) is -4.00. The summed E-state index contributed by atoms with van der Waals surface area (Å²) in [6, 6.07) is 6.67. The molecule has 0 aromatic heterocycles. The lowest BCUT2D eigenvalue weighted by Gasteiger charge is -2.18. The number of esters is 1. The maximum absolute atomic E-state index is 13.6. The molecule has 1 amide bonds. The van der Waals surface area contributed by atoms with E-state index in [-0.39, 0.29) is 32.2 Å². The summed E-state index contributed by atoms with van der Waals surface area (Å²) < 4.78 is 45.1. The third-order valence-electron chi connectivity index (χ3n) is 4.09. The molecule has 1 N–H and O–H groups in total. The van der Waals surface area contributed by atoms with Crippen LogP contribution in [0.15, 0.2) is 36.4 Å². The Morgan fingerprint density at radius 1 is 1.06 bits per heavy atom. The lowest BCUT2D eigenvalue weighted by atomic mass is 9.97. The minimum Gasteiger partial charge on any atom is -0.462 e. The first kappa shape index (κ1) is 25.3. The lowest BCUT2D eigenvalue weighted by molar-refractivity contribution is -0.152. The van der Waals surface area contributed by atoms with Crippen molar-refractivity contribution >= 4 is 64.4 Å². The van der Waals surface area contributed by atoms with Gasteiger partial charge in [0.2, 0.25) is 0 Å². The Balaban J connectivity index is 2.24. The van der Waals surface area contributed by atoms with Crippen molar-refractivity contribution in [3.8, 4) is 0 Å². The van der Waals surface area contributed by atoms with E-state index in [1.54, 1.807) is 0 Å². The van der Waals surface area contributed by atoms with Gasteiger partial charge in [0.05, 0.1) is 28.1 Å². The van der Waals surface area contributed by atoms with E-state index < -0.39 is 24.0 Å². The molecule has 2 aromatic rings. The first-order valence-corrected chi connectivity index (χ1v) is 9.99. The maximum atomic E-state index is 13.6. The number of alkyl halides is 3. The molecule has 4 nitrogen and oxygen atoms in total. The van der Waals surface area contributed by atoms with Crippen LogP contribution in [0.5, 0.6) is 0 Å². The number of amides is 1. The number of halogens is 7. The van der Waals surface area contributed by atoms with E-state index in [2.05, 4.69) is 10.1 Å². The van der Waals surface area contributed by atoms with Crippen molar-refractivity contribution in [2.45, 2.75) is 18.6 Å². The summed E-state index contributed by atoms with van der Waals surface area (Å²) in [7, 11) is 1.07. The molecule has 11 heteroatoms. The van der Waals surface area contributed by atoms with Crippen molar-refractivity contribution in [1.82, 2.24) is 5.32 Å². The molecule has 1 atom stereocenters. The smallest absolute Gasteiger partial charge is 0.399 e. The average Bonchev–Trinajstić information content (AvgIpc) is 2.69. The van der Waals surface area contributed by atoms with Crippen LogP contribution in [0.4, 0.5) is 13.2 Å². The molecular weight excluding hydrogens is 501 g/mol. The lowest BCUT2D eigenvalue weighted by Crippen LogP contribution is -2.31. The molecule has 0 fully saturated rings. The van der Waals surface area contributed by atoms with Crippen molar-refractivity contribution in [2.75, 3.05) is 7.11 Å². The van der Waals surface area contributed by atoms with E-state index in [0.717, 1.165) is 25.3 Å². The zero-order chi connectivity index (χ0) is 23.3. The number of nitrogens with one attached hydrogen (secondary N) is 1. The molecule has 0 aliphatic heterocycles. The van der Waals surface area contributed by atoms with Crippen LogP contribution in [-0.4, -0.2) is 25.2 Å². The summed E-state index contributed by atoms with van der Waals surface area (Å²) >= 11 is 23.7. The Morgan fingerprint density at radius 3 is 2.19 bits per heavy atom. The molecule has 0 heterocycles. The number of rotatable bonds is 5. The molecule has 0 saturated heterocycles. The Morgan fingerprint density at radius 2 is 1.68 bits per heavy atom. The number of benzene rings is 2. The third kappa shape index (κ3) is 6.77. The standard InChI is InChI=1S/C20H14Cl4F3NO3/c1-31-19(30)18(29)28-9-11-4-2-10(6-14(11)21)3-5-13(20(25,26)27)12-7-15(22)17(24)16(23)8-12/h2-8,13H,9H2,1H3,(H,28,29). The highest BCUT2D eigenvalue weighted by Crippen LogP contribution is 2.41. The van der Waals surface area contributed by atoms with Gasteiger partial charge in [0.1, 0.15) is 0 Å². The number of hydrogen-bond acceptors (Lipinski definition) is 3.